The Kier molecular flexibility index (Phi) is 4.73. The Morgan fingerprint density at radius 2 is 2.12 bits per heavy atom. The van der Waals surface area contributed by atoms with Crippen LogP contribution in [0.2, 0.25) is 0 Å². The van der Waals surface area contributed by atoms with Gasteiger partial charge in [0.05, 0.1) is 43.6 Å². The molecule has 0 aromatic carbocycles. The minimum atomic E-state index is -1.57. The van der Waals surface area contributed by atoms with Crippen molar-refractivity contribution in [2.75, 3.05) is 19.6 Å². The summed E-state index contributed by atoms with van der Waals surface area (Å²) in [6.07, 6.45) is 3.15. The van der Waals surface area contributed by atoms with Crippen molar-refractivity contribution in [3.8, 4) is 18.2 Å². The first kappa shape index (κ1) is 17.4. The number of nitrogens with one attached hydrogen (secondary N) is 2. The van der Waals surface area contributed by atoms with Gasteiger partial charge in [0.25, 0.3) is 0 Å². The number of nitrogens with zero attached hydrogens (tertiary/aromatic N) is 3. The van der Waals surface area contributed by atoms with Gasteiger partial charge in [-0.2, -0.15) is 15.8 Å². The van der Waals surface area contributed by atoms with Crippen LogP contribution in [0.15, 0.2) is 29.2 Å². The maximum atomic E-state index is 9.91. The highest BCUT2D eigenvalue weighted by atomic mass is 32.1. The van der Waals surface area contributed by atoms with Crippen LogP contribution in [-0.4, -0.2) is 25.3 Å². The summed E-state index contributed by atoms with van der Waals surface area (Å²) in [4.78, 5) is 2.37. The van der Waals surface area contributed by atoms with E-state index in [-0.39, 0.29) is 17.5 Å². The highest BCUT2D eigenvalue weighted by Crippen LogP contribution is 2.53. The van der Waals surface area contributed by atoms with Crippen LogP contribution in [0.1, 0.15) is 24.1 Å². The van der Waals surface area contributed by atoms with Gasteiger partial charge in [-0.15, -0.1) is 11.3 Å². The predicted molar refractivity (Wildman–Crippen MR) is 95.0 cm³/mol. The second-order valence-electron chi connectivity index (χ2n) is 6.72. The molecule has 2 N–H and O–H groups in total. The van der Waals surface area contributed by atoms with Crippen molar-refractivity contribution in [2.24, 2.45) is 17.3 Å². The Morgan fingerprint density at radius 3 is 2.68 bits per heavy atom. The van der Waals surface area contributed by atoms with Gasteiger partial charge < -0.3 is 10.3 Å². The molecule has 3 rings (SSSR count). The molecule has 5 nitrogen and oxygen atoms in total. The molecule has 1 aliphatic carbocycles. The number of hydrogen-bond acceptors (Lipinski definition) is 5. The van der Waals surface area contributed by atoms with Crippen molar-refractivity contribution >= 4 is 17.0 Å². The Morgan fingerprint density at radius 1 is 1.36 bits per heavy atom. The molecule has 126 valence electrons. The topological polar surface area (TPSA) is 99.7 Å². The van der Waals surface area contributed by atoms with Crippen molar-refractivity contribution in [1.82, 2.24) is 0 Å². The quantitative estimate of drug-likeness (QED) is 0.814. The lowest BCUT2D eigenvalue weighted by atomic mass is 9.55. The zero-order valence-electron chi connectivity index (χ0n) is 14.1. The zero-order chi connectivity index (χ0) is 18.0. The second kappa shape index (κ2) is 6.81. The monoisotopic (exact) mass is 350 g/mol. The van der Waals surface area contributed by atoms with Crippen molar-refractivity contribution in [1.29, 1.82) is 21.2 Å². The van der Waals surface area contributed by atoms with Crippen molar-refractivity contribution in [3.63, 3.8) is 0 Å². The number of nitriles is 3. The average Bonchev–Trinajstić information content (AvgIpc) is 3.15. The molecule has 0 bridgehead atoms. The van der Waals surface area contributed by atoms with Gasteiger partial charge in [-0.1, -0.05) is 13.0 Å². The summed E-state index contributed by atoms with van der Waals surface area (Å²) in [5, 5.41) is 39.9. The third-order valence-electron chi connectivity index (χ3n) is 5.41. The molecule has 25 heavy (non-hydrogen) atoms. The fourth-order valence-electron chi connectivity index (χ4n) is 4.29. The maximum Gasteiger partial charge on any atom is 0.190 e. The van der Waals surface area contributed by atoms with Gasteiger partial charge in [0.2, 0.25) is 0 Å². The minimum absolute atomic E-state index is 0.0491. The second-order valence-corrected chi connectivity index (χ2v) is 7.70. The molecule has 2 heterocycles. The van der Waals surface area contributed by atoms with Gasteiger partial charge in [-0.3, -0.25) is 0 Å². The molecule has 2 unspecified atom stereocenters. The van der Waals surface area contributed by atoms with Crippen LogP contribution in [0, 0.1) is 56.7 Å². The molecular weight excluding hydrogens is 330 g/mol. The first-order chi connectivity index (χ1) is 12.1. The lowest BCUT2D eigenvalue weighted by Gasteiger charge is -2.45. The smallest absolute Gasteiger partial charge is 0.190 e. The van der Waals surface area contributed by atoms with E-state index in [1.165, 1.54) is 16.2 Å². The van der Waals surface area contributed by atoms with Gasteiger partial charge in [-0.25, -0.2) is 0 Å². The Balaban J connectivity index is 2.18. The van der Waals surface area contributed by atoms with E-state index >= 15 is 0 Å². The summed E-state index contributed by atoms with van der Waals surface area (Å²) < 4.78 is 0. The summed E-state index contributed by atoms with van der Waals surface area (Å²) in [5.74, 6) is -1.19. The number of hydrogen-bond donors (Lipinski definition) is 2. The van der Waals surface area contributed by atoms with Crippen LogP contribution in [0.4, 0.5) is 0 Å². The molecule has 1 saturated carbocycles. The van der Waals surface area contributed by atoms with Crippen LogP contribution in [0.5, 0.6) is 0 Å². The first-order valence-corrected chi connectivity index (χ1v) is 9.38. The van der Waals surface area contributed by atoms with E-state index in [0.29, 0.717) is 0 Å². The molecule has 1 fully saturated rings. The summed E-state index contributed by atoms with van der Waals surface area (Å²) in [7, 11) is 0. The highest BCUT2D eigenvalue weighted by molar-refractivity contribution is 7.10. The number of thiophene rings is 1. The molecule has 6 heteroatoms. The molecule has 4 atom stereocenters. The number of quaternary nitrogens is 1. The average molecular weight is 350 g/mol. The zero-order valence-corrected chi connectivity index (χ0v) is 14.9. The third-order valence-corrected chi connectivity index (χ3v) is 6.37. The fourth-order valence-corrected chi connectivity index (χ4v) is 5.25. The number of rotatable bonds is 3. The van der Waals surface area contributed by atoms with Crippen LogP contribution in [0.25, 0.3) is 0 Å². The van der Waals surface area contributed by atoms with E-state index in [1.807, 2.05) is 17.5 Å². The van der Waals surface area contributed by atoms with Crippen molar-refractivity contribution in [2.45, 2.75) is 19.3 Å². The normalized spacial score (nSPS) is 30.3. The van der Waals surface area contributed by atoms with Crippen LogP contribution in [0.3, 0.4) is 0 Å². The van der Waals surface area contributed by atoms with E-state index in [9.17, 15) is 15.8 Å². The summed E-state index contributed by atoms with van der Waals surface area (Å²) in [5.41, 5.74) is -0.686. The molecule has 2 aliphatic rings. The van der Waals surface area contributed by atoms with Crippen LogP contribution in [-0.2, 0) is 0 Å². The molecule has 0 amide bonds. The van der Waals surface area contributed by atoms with E-state index < -0.39 is 11.3 Å². The van der Waals surface area contributed by atoms with Crippen LogP contribution < -0.4 is 4.90 Å². The molecule has 1 aromatic heterocycles. The standard InChI is InChI=1S/C19H19N5S/c1-2-6-24-7-5-13-14(9-20)18(23)19(11-21,12-22)17(15(13)10-24)16-4-3-8-25-16/h3-5,8,14-15,17,23H,2,6-7,10H2,1H3/p+1/t14?,15-,17+/m1/s1. The molecule has 0 spiro atoms. The Bertz CT molecular complexity index is 803. The first-order valence-electron chi connectivity index (χ1n) is 8.50. The summed E-state index contributed by atoms with van der Waals surface area (Å²) >= 11 is 1.53. The van der Waals surface area contributed by atoms with Crippen LogP contribution >= 0.6 is 11.3 Å². The predicted octanol–water partition coefficient (Wildman–Crippen LogP) is 1.89. The van der Waals surface area contributed by atoms with E-state index in [2.05, 4.69) is 31.2 Å². The van der Waals surface area contributed by atoms with Gasteiger partial charge in [0, 0.05) is 16.7 Å². The summed E-state index contributed by atoms with van der Waals surface area (Å²) in [6.45, 7) is 4.82. The lowest BCUT2D eigenvalue weighted by molar-refractivity contribution is -0.899. The number of fused-ring (bicyclic) bond motifs is 1. The molecule has 0 saturated heterocycles. The van der Waals surface area contributed by atoms with E-state index in [0.717, 1.165) is 36.5 Å². The minimum Gasteiger partial charge on any atom is -0.331 e. The highest BCUT2D eigenvalue weighted by Gasteiger charge is 2.58. The Hall–Kier alpha value is -2.46. The molecule has 1 aliphatic heterocycles. The van der Waals surface area contributed by atoms with E-state index in [1.54, 1.807) is 0 Å². The maximum absolute atomic E-state index is 9.91. The van der Waals surface area contributed by atoms with Crippen molar-refractivity contribution < 1.29 is 4.90 Å². The van der Waals surface area contributed by atoms with Crippen molar-refractivity contribution in [3.05, 3.63) is 34.0 Å². The van der Waals surface area contributed by atoms with Gasteiger partial charge in [0.15, 0.2) is 5.41 Å². The summed E-state index contributed by atoms with van der Waals surface area (Å²) in [6, 6.07) is 10.3. The van der Waals surface area contributed by atoms with Gasteiger partial charge in [-0.05, 0) is 29.5 Å². The van der Waals surface area contributed by atoms with Gasteiger partial charge >= 0.3 is 0 Å². The SMILES string of the molecule is CCC[NH+]1CC=C2C(C#N)C(=N)C(C#N)(C#N)[C@H](c3cccs3)[C@@H]2C1. The van der Waals surface area contributed by atoms with Gasteiger partial charge in [0.1, 0.15) is 5.92 Å². The third kappa shape index (κ3) is 2.57. The molecular formula is C19H20N5S+. The fraction of sp³-hybridized carbons (Fsp3) is 0.474. The lowest BCUT2D eigenvalue weighted by Crippen LogP contribution is -3.13. The van der Waals surface area contributed by atoms with E-state index in [4.69, 9.17) is 5.41 Å². The Labute approximate surface area is 151 Å². The molecule has 1 aromatic rings. The largest absolute Gasteiger partial charge is 0.331 e. The molecule has 0 radical (unpaired) electrons.